The van der Waals surface area contributed by atoms with Crippen molar-refractivity contribution in [2.24, 2.45) is 11.8 Å². The van der Waals surface area contributed by atoms with Crippen molar-refractivity contribution in [2.45, 2.75) is 38.7 Å². The number of piperidine rings is 1. The molecule has 1 N–H and O–H groups in total. The minimum absolute atomic E-state index is 0.0940. The minimum Gasteiger partial charge on any atom is -0.377 e. The highest BCUT2D eigenvalue weighted by molar-refractivity contribution is 5.79. The zero-order valence-corrected chi connectivity index (χ0v) is 11.7. The van der Waals surface area contributed by atoms with Crippen molar-refractivity contribution >= 4 is 5.91 Å². The number of nitrogens with one attached hydrogen (secondary N) is 1. The molecule has 0 spiro atoms. The molecule has 2 fully saturated rings. The van der Waals surface area contributed by atoms with Crippen LogP contribution in [0.25, 0.3) is 0 Å². The average molecular weight is 254 g/mol. The smallest absolute Gasteiger partial charge is 0.228 e. The molecule has 104 valence electrons. The van der Waals surface area contributed by atoms with Gasteiger partial charge in [-0.05, 0) is 44.7 Å². The number of rotatable bonds is 4. The van der Waals surface area contributed by atoms with Gasteiger partial charge in [-0.3, -0.25) is 4.79 Å². The van der Waals surface area contributed by atoms with Gasteiger partial charge in [0.25, 0.3) is 0 Å². The molecule has 0 saturated carbocycles. The van der Waals surface area contributed by atoms with Crippen LogP contribution >= 0.6 is 0 Å². The fourth-order valence-corrected chi connectivity index (χ4v) is 3.17. The van der Waals surface area contributed by atoms with E-state index in [-0.39, 0.29) is 17.9 Å². The molecule has 3 atom stereocenters. The SMILES string of the molecule is CCC1OCCC1C(=O)N(C)CC1CCCNC1. The monoisotopic (exact) mass is 254 g/mol. The molecule has 2 saturated heterocycles. The molecular weight excluding hydrogens is 228 g/mol. The highest BCUT2D eigenvalue weighted by Gasteiger charge is 2.34. The van der Waals surface area contributed by atoms with Gasteiger partial charge in [-0.2, -0.15) is 0 Å². The van der Waals surface area contributed by atoms with Crippen LogP contribution in [0.3, 0.4) is 0 Å². The fraction of sp³-hybridized carbons (Fsp3) is 0.929. The van der Waals surface area contributed by atoms with E-state index in [9.17, 15) is 4.79 Å². The van der Waals surface area contributed by atoms with Crippen LogP contribution in [0.5, 0.6) is 0 Å². The maximum Gasteiger partial charge on any atom is 0.228 e. The first-order chi connectivity index (χ1) is 8.72. The molecule has 2 rings (SSSR count). The second-order valence-corrected chi connectivity index (χ2v) is 5.64. The van der Waals surface area contributed by atoms with Gasteiger partial charge in [-0.25, -0.2) is 0 Å². The summed E-state index contributed by atoms with van der Waals surface area (Å²) >= 11 is 0. The van der Waals surface area contributed by atoms with E-state index in [0.29, 0.717) is 5.92 Å². The Morgan fingerprint density at radius 3 is 2.94 bits per heavy atom. The molecule has 4 nitrogen and oxygen atoms in total. The van der Waals surface area contributed by atoms with Crippen LogP contribution in [0.15, 0.2) is 0 Å². The van der Waals surface area contributed by atoms with Gasteiger partial charge >= 0.3 is 0 Å². The molecule has 4 heteroatoms. The van der Waals surface area contributed by atoms with E-state index in [4.69, 9.17) is 4.74 Å². The Morgan fingerprint density at radius 1 is 1.44 bits per heavy atom. The van der Waals surface area contributed by atoms with Crippen LogP contribution < -0.4 is 5.32 Å². The van der Waals surface area contributed by atoms with E-state index in [2.05, 4.69) is 12.2 Å². The van der Waals surface area contributed by atoms with Crippen LogP contribution in [-0.2, 0) is 9.53 Å². The van der Waals surface area contributed by atoms with E-state index < -0.39 is 0 Å². The quantitative estimate of drug-likeness (QED) is 0.821. The lowest BCUT2D eigenvalue weighted by molar-refractivity contribution is -0.136. The third kappa shape index (κ3) is 3.23. The number of hydrogen-bond acceptors (Lipinski definition) is 3. The first-order valence-electron chi connectivity index (χ1n) is 7.29. The third-order valence-electron chi connectivity index (χ3n) is 4.24. The number of ether oxygens (including phenoxy) is 1. The maximum absolute atomic E-state index is 12.4. The predicted octanol–water partition coefficient (Wildman–Crippen LogP) is 1.26. The molecule has 0 aliphatic carbocycles. The Bertz CT molecular complexity index is 277. The summed E-state index contributed by atoms with van der Waals surface area (Å²) in [5.41, 5.74) is 0. The van der Waals surface area contributed by atoms with Crippen molar-refractivity contribution in [1.82, 2.24) is 10.2 Å². The molecule has 3 unspecified atom stereocenters. The lowest BCUT2D eigenvalue weighted by Crippen LogP contribution is -2.42. The van der Waals surface area contributed by atoms with Crippen molar-refractivity contribution in [3.8, 4) is 0 Å². The van der Waals surface area contributed by atoms with Crippen molar-refractivity contribution < 1.29 is 9.53 Å². The van der Waals surface area contributed by atoms with E-state index in [0.717, 1.165) is 39.1 Å². The summed E-state index contributed by atoms with van der Waals surface area (Å²) in [6.07, 6.45) is 4.45. The van der Waals surface area contributed by atoms with Crippen LogP contribution in [0.1, 0.15) is 32.6 Å². The van der Waals surface area contributed by atoms with Gasteiger partial charge in [-0.1, -0.05) is 6.92 Å². The summed E-state index contributed by atoms with van der Waals surface area (Å²) in [6, 6.07) is 0. The molecule has 0 radical (unpaired) electrons. The Morgan fingerprint density at radius 2 is 2.28 bits per heavy atom. The summed E-state index contributed by atoms with van der Waals surface area (Å²) in [7, 11) is 1.95. The number of amides is 1. The van der Waals surface area contributed by atoms with Crippen molar-refractivity contribution in [1.29, 1.82) is 0 Å². The summed E-state index contributed by atoms with van der Waals surface area (Å²) < 4.78 is 5.62. The van der Waals surface area contributed by atoms with Gasteiger partial charge in [0.15, 0.2) is 0 Å². The molecule has 1 amide bonds. The van der Waals surface area contributed by atoms with Crippen molar-refractivity contribution in [3.63, 3.8) is 0 Å². The number of nitrogens with zero attached hydrogens (tertiary/aromatic N) is 1. The first-order valence-corrected chi connectivity index (χ1v) is 7.29. The molecule has 2 heterocycles. The molecular formula is C14H26N2O2. The standard InChI is InChI=1S/C14H26N2O2/c1-3-13-12(6-8-18-13)14(17)16(2)10-11-5-4-7-15-9-11/h11-13,15H,3-10H2,1-2H3. The van der Waals surface area contributed by atoms with Crippen molar-refractivity contribution in [3.05, 3.63) is 0 Å². The van der Waals surface area contributed by atoms with E-state index in [1.165, 1.54) is 12.8 Å². The third-order valence-corrected chi connectivity index (χ3v) is 4.24. The fourth-order valence-electron chi connectivity index (χ4n) is 3.17. The van der Waals surface area contributed by atoms with Crippen molar-refractivity contribution in [2.75, 3.05) is 33.3 Å². The highest BCUT2D eigenvalue weighted by atomic mass is 16.5. The Labute approximate surface area is 110 Å². The lowest BCUT2D eigenvalue weighted by atomic mass is 9.95. The average Bonchev–Trinajstić information content (AvgIpc) is 2.87. The van der Waals surface area contributed by atoms with E-state index >= 15 is 0 Å². The van der Waals surface area contributed by atoms with Gasteiger partial charge in [0, 0.05) is 20.2 Å². The van der Waals surface area contributed by atoms with E-state index in [1.54, 1.807) is 0 Å². The molecule has 0 aromatic rings. The number of carbonyl (C=O) groups is 1. The number of carbonyl (C=O) groups excluding carboxylic acids is 1. The second-order valence-electron chi connectivity index (χ2n) is 5.64. The molecule has 0 aromatic carbocycles. The molecule has 0 aromatic heterocycles. The second kappa shape index (κ2) is 6.53. The Balaban J connectivity index is 1.83. The van der Waals surface area contributed by atoms with Gasteiger partial charge < -0.3 is 15.0 Å². The van der Waals surface area contributed by atoms with Crippen LogP contribution in [0, 0.1) is 11.8 Å². The lowest BCUT2D eigenvalue weighted by Gasteiger charge is -2.30. The van der Waals surface area contributed by atoms with Gasteiger partial charge in [0.1, 0.15) is 0 Å². The van der Waals surface area contributed by atoms with Gasteiger partial charge in [0.05, 0.1) is 12.0 Å². The largest absolute Gasteiger partial charge is 0.377 e. The van der Waals surface area contributed by atoms with Gasteiger partial charge in [-0.15, -0.1) is 0 Å². The Kier molecular flexibility index (Phi) is 5.01. The minimum atomic E-state index is 0.0940. The van der Waals surface area contributed by atoms with Crippen LogP contribution in [-0.4, -0.2) is 50.2 Å². The first kappa shape index (κ1) is 13.8. The van der Waals surface area contributed by atoms with Crippen LogP contribution in [0.4, 0.5) is 0 Å². The zero-order valence-electron chi connectivity index (χ0n) is 11.7. The Hall–Kier alpha value is -0.610. The molecule has 18 heavy (non-hydrogen) atoms. The molecule has 2 aliphatic rings. The van der Waals surface area contributed by atoms with E-state index in [1.807, 2.05) is 11.9 Å². The topological polar surface area (TPSA) is 41.6 Å². The number of hydrogen-bond donors (Lipinski definition) is 1. The van der Waals surface area contributed by atoms with Gasteiger partial charge in [0.2, 0.25) is 5.91 Å². The van der Waals surface area contributed by atoms with Crippen LogP contribution in [0.2, 0.25) is 0 Å². The maximum atomic E-state index is 12.4. The zero-order chi connectivity index (χ0) is 13.0. The summed E-state index contributed by atoms with van der Waals surface area (Å²) in [5, 5.41) is 3.41. The molecule has 2 aliphatic heterocycles. The molecule has 0 bridgehead atoms. The summed E-state index contributed by atoms with van der Waals surface area (Å²) in [6.45, 7) is 5.91. The summed E-state index contributed by atoms with van der Waals surface area (Å²) in [5.74, 6) is 0.997. The highest BCUT2D eigenvalue weighted by Crippen LogP contribution is 2.25. The predicted molar refractivity (Wildman–Crippen MR) is 71.4 cm³/mol. The normalized spacial score (nSPS) is 32.4. The summed E-state index contributed by atoms with van der Waals surface area (Å²) in [4.78, 5) is 14.3.